The first-order chi connectivity index (χ1) is 6.29. The van der Waals surface area contributed by atoms with Gasteiger partial charge in [0.15, 0.2) is 5.16 Å². The first-order valence-corrected chi connectivity index (χ1v) is 3.25. The van der Waals surface area contributed by atoms with Crippen molar-refractivity contribution in [2.45, 2.75) is 0 Å². The molecule has 0 aliphatic carbocycles. The fourth-order valence-electron chi connectivity index (χ4n) is 0.866. The van der Waals surface area contributed by atoms with Gasteiger partial charge in [-0.1, -0.05) is 0 Å². The van der Waals surface area contributed by atoms with Gasteiger partial charge in [-0.25, -0.2) is 0 Å². The average Bonchev–Trinajstić information content (AvgIpc) is 2.74. The van der Waals surface area contributed by atoms with Gasteiger partial charge in [-0.3, -0.25) is 5.10 Å². The topological polar surface area (TPSA) is 111 Å². The van der Waals surface area contributed by atoms with Crippen LogP contribution >= 0.6 is 0 Å². The highest BCUT2D eigenvalue weighted by Gasteiger charge is 2.23. The number of nitrogens with zero attached hydrogens (tertiary/aromatic N) is 4. The van der Waals surface area contributed by atoms with E-state index in [0.717, 1.165) is 0 Å². The quantitative estimate of drug-likeness (QED) is 0.529. The molecule has 8 heteroatoms. The summed E-state index contributed by atoms with van der Waals surface area (Å²) in [5, 5.41) is 23.1. The highest BCUT2D eigenvalue weighted by molar-refractivity contribution is 5.64. The maximum absolute atomic E-state index is 10.4. The smallest absolute Gasteiger partial charge is 0.358 e. The van der Waals surface area contributed by atoms with Crippen molar-refractivity contribution in [3.05, 3.63) is 22.5 Å². The monoisotopic (exact) mass is 181 g/mol. The molecule has 2 aromatic rings. The van der Waals surface area contributed by atoms with Crippen LogP contribution in [0.25, 0.3) is 11.3 Å². The van der Waals surface area contributed by atoms with Crippen molar-refractivity contribution < 1.29 is 9.55 Å². The molecule has 0 bridgehead atoms. The zero-order valence-corrected chi connectivity index (χ0v) is 6.17. The van der Waals surface area contributed by atoms with Gasteiger partial charge in [-0.2, -0.15) is 5.10 Å². The van der Waals surface area contributed by atoms with Crippen molar-refractivity contribution in [2.24, 2.45) is 0 Å². The Morgan fingerprint density at radius 3 is 3.00 bits per heavy atom. The van der Waals surface area contributed by atoms with Crippen molar-refractivity contribution in [1.82, 2.24) is 20.5 Å². The fourth-order valence-corrected chi connectivity index (χ4v) is 0.866. The van der Waals surface area contributed by atoms with Crippen LogP contribution in [0.1, 0.15) is 0 Å². The number of rotatable bonds is 2. The van der Waals surface area contributed by atoms with Crippen LogP contribution in [-0.4, -0.2) is 25.4 Å². The van der Waals surface area contributed by atoms with Crippen LogP contribution in [0.15, 0.2) is 17.0 Å². The molecule has 0 spiro atoms. The van der Waals surface area contributed by atoms with Gasteiger partial charge in [0.2, 0.25) is 5.69 Å². The van der Waals surface area contributed by atoms with Crippen LogP contribution in [0.2, 0.25) is 0 Å². The molecule has 0 saturated heterocycles. The second kappa shape index (κ2) is 2.66. The third kappa shape index (κ3) is 1.13. The molecule has 2 rings (SSSR count). The zero-order valence-electron chi connectivity index (χ0n) is 6.17. The summed E-state index contributed by atoms with van der Waals surface area (Å²) in [6.45, 7) is 0. The molecule has 0 aromatic carbocycles. The maximum atomic E-state index is 10.4. The van der Waals surface area contributed by atoms with E-state index in [0.29, 0.717) is 5.56 Å². The van der Waals surface area contributed by atoms with Crippen LogP contribution in [-0.2, 0) is 0 Å². The van der Waals surface area contributed by atoms with E-state index >= 15 is 0 Å². The summed E-state index contributed by atoms with van der Waals surface area (Å²) >= 11 is 0. The lowest BCUT2D eigenvalue weighted by Gasteiger charge is -1.87. The standard InChI is InChI=1S/C5H3N5O3/c11-10(12)5-4(8-13-9-5)3-1-6-7-2-3/h1-2H,(H,6,7). The van der Waals surface area contributed by atoms with E-state index < -0.39 is 10.7 Å². The third-order valence-corrected chi connectivity index (χ3v) is 1.42. The lowest BCUT2D eigenvalue weighted by Crippen LogP contribution is -1.89. The summed E-state index contributed by atoms with van der Waals surface area (Å²) in [5.41, 5.74) is 0.534. The van der Waals surface area contributed by atoms with Gasteiger partial charge in [0.05, 0.1) is 11.8 Å². The van der Waals surface area contributed by atoms with E-state index in [1.807, 2.05) is 0 Å². The van der Waals surface area contributed by atoms with E-state index in [1.54, 1.807) is 0 Å². The lowest BCUT2D eigenvalue weighted by molar-refractivity contribution is -0.390. The van der Waals surface area contributed by atoms with Gasteiger partial charge in [0, 0.05) is 6.20 Å². The largest absolute Gasteiger partial charge is 0.442 e. The molecular formula is C5H3N5O3. The fraction of sp³-hybridized carbons (Fsp3) is 0. The predicted molar refractivity (Wildman–Crippen MR) is 38.5 cm³/mol. The number of aromatic amines is 1. The molecular weight excluding hydrogens is 178 g/mol. The minimum Gasteiger partial charge on any atom is -0.358 e. The third-order valence-electron chi connectivity index (χ3n) is 1.42. The predicted octanol–water partition coefficient (Wildman–Crippen LogP) is 0.368. The Balaban J connectivity index is 2.52. The van der Waals surface area contributed by atoms with Gasteiger partial charge in [0.1, 0.15) is 0 Å². The number of nitrogens with one attached hydrogen (secondary N) is 1. The SMILES string of the molecule is O=[N+]([O-])c1nonc1-c1cn[nH]c1. The Kier molecular flexibility index (Phi) is 1.51. The molecule has 13 heavy (non-hydrogen) atoms. The Bertz CT molecular complexity index is 419. The van der Waals surface area contributed by atoms with Crippen molar-refractivity contribution in [2.75, 3.05) is 0 Å². The number of hydrogen-bond acceptors (Lipinski definition) is 6. The van der Waals surface area contributed by atoms with Gasteiger partial charge in [-0.15, -0.1) is 4.63 Å². The van der Waals surface area contributed by atoms with Crippen molar-refractivity contribution in [3.63, 3.8) is 0 Å². The van der Waals surface area contributed by atoms with E-state index in [9.17, 15) is 10.1 Å². The molecule has 0 aliphatic rings. The molecule has 0 saturated carbocycles. The minimum absolute atomic E-state index is 0.0683. The van der Waals surface area contributed by atoms with E-state index in [1.165, 1.54) is 12.4 Å². The Hall–Kier alpha value is -2.25. The molecule has 0 radical (unpaired) electrons. The van der Waals surface area contributed by atoms with Crippen molar-refractivity contribution in [3.8, 4) is 11.3 Å². The average molecular weight is 181 g/mol. The van der Waals surface area contributed by atoms with Crippen molar-refractivity contribution in [1.29, 1.82) is 0 Å². The number of H-pyrrole nitrogens is 1. The second-order valence-corrected chi connectivity index (χ2v) is 2.18. The van der Waals surface area contributed by atoms with Crippen molar-refractivity contribution >= 4 is 5.82 Å². The van der Waals surface area contributed by atoms with E-state index in [-0.39, 0.29) is 5.69 Å². The molecule has 2 aromatic heterocycles. The Morgan fingerprint density at radius 2 is 2.38 bits per heavy atom. The highest BCUT2D eigenvalue weighted by Crippen LogP contribution is 2.23. The van der Waals surface area contributed by atoms with Crippen LogP contribution in [0.3, 0.4) is 0 Å². The summed E-state index contributed by atoms with van der Waals surface area (Å²) in [6, 6.07) is 0. The molecule has 0 atom stereocenters. The minimum atomic E-state index is -0.668. The zero-order chi connectivity index (χ0) is 9.26. The van der Waals surface area contributed by atoms with Crippen LogP contribution in [0, 0.1) is 10.1 Å². The maximum Gasteiger partial charge on any atom is 0.442 e. The molecule has 0 fully saturated rings. The number of aromatic nitrogens is 4. The summed E-state index contributed by atoms with van der Waals surface area (Å²) in [7, 11) is 0. The number of nitro groups is 1. The highest BCUT2D eigenvalue weighted by atomic mass is 16.6. The molecule has 1 N–H and O–H groups in total. The van der Waals surface area contributed by atoms with Gasteiger partial charge < -0.3 is 10.1 Å². The second-order valence-electron chi connectivity index (χ2n) is 2.18. The van der Waals surface area contributed by atoms with E-state index in [4.69, 9.17) is 0 Å². The first kappa shape index (κ1) is 7.40. The molecule has 2 heterocycles. The summed E-state index contributed by atoms with van der Waals surface area (Å²) < 4.78 is 4.25. The normalized spacial score (nSPS) is 10.2. The summed E-state index contributed by atoms with van der Waals surface area (Å²) in [5.74, 6) is -0.415. The molecule has 66 valence electrons. The lowest BCUT2D eigenvalue weighted by atomic mass is 10.3. The van der Waals surface area contributed by atoms with Gasteiger partial charge in [0.25, 0.3) is 0 Å². The Morgan fingerprint density at radius 1 is 1.54 bits per heavy atom. The molecule has 8 nitrogen and oxygen atoms in total. The van der Waals surface area contributed by atoms with Crippen LogP contribution in [0.5, 0.6) is 0 Å². The van der Waals surface area contributed by atoms with Gasteiger partial charge in [-0.05, 0) is 10.1 Å². The van der Waals surface area contributed by atoms with Crippen LogP contribution < -0.4 is 0 Å². The summed E-state index contributed by atoms with van der Waals surface area (Å²) in [4.78, 5) is 9.72. The van der Waals surface area contributed by atoms with E-state index in [2.05, 4.69) is 25.1 Å². The number of hydrogen-bond donors (Lipinski definition) is 1. The summed E-state index contributed by atoms with van der Waals surface area (Å²) in [6.07, 6.45) is 2.86. The molecule has 0 amide bonds. The molecule has 0 unspecified atom stereocenters. The Labute approximate surface area is 70.7 Å². The van der Waals surface area contributed by atoms with Crippen LogP contribution in [0.4, 0.5) is 5.82 Å². The first-order valence-electron chi connectivity index (χ1n) is 3.25. The molecule has 0 aliphatic heterocycles. The van der Waals surface area contributed by atoms with Gasteiger partial charge >= 0.3 is 5.82 Å².